The van der Waals surface area contributed by atoms with Crippen LogP contribution in [0.25, 0.3) is 0 Å². The second kappa shape index (κ2) is 5.63. The third-order valence-electron chi connectivity index (χ3n) is 3.39. The molecule has 0 aliphatic carbocycles. The van der Waals surface area contributed by atoms with Gasteiger partial charge in [-0.05, 0) is 32.0 Å². The van der Waals surface area contributed by atoms with Gasteiger partial charge in [0, 0.05) is 24.1 Å². The normalized spacial score (nSPS) is 19.2. The summed E-state index contributed by atoms with van der Waals surface area (Å²) in [6, 6.07) is 5.10. The fourth-order valence-corrected chi connectivity index (χ4v) is 2.49. The predicted octanol–water partition coefficient (Wildman–Crippen LogP) is 1.85. The minimum absolute atomic E-state index is 0.0369. The molecule has 1 aliphatic heterocycles. The van der Waals surface area contributed by atoms with Gasteiger partial charge in [-0.25, -0.2) is 0 Å². The molecule has 21 heavy (non-hydrogen) atoms. The molecule has 6 nitrogen and oxygen atoms in total. The SMILES string of the molecule is CC1(C)CC(NC(=O)CCC(=O)O)c2cc(N)ccc2O1. The van der Waals surface area contributed by atoms with Crippen molar-refractivity contribution >= 4 is 17.6 Å². The van der Waals surface area contributed by atoms with Crippen molar-refractivity contribution in [3.63, 3.8) is 0 Å². The Hall–Kier alpha value is -2.24. The maximum absolute atomic E-state index is 11.9. The monoisotopic (exact) mass is 292 g/mol. The Bertz CT molecular complexity index is 569. The number of aliphatic carboxylic acids is 1. The molecule has 0 spiro atoms. The zero-order chi connectivity index (χ0) is 15.6. The van der Waals surface area contributed by atoms with Crippen LogP contribution < -0.4 is 15.8 Å². The number of anilines is 1. The Morgan fingerprint density at radius 1 is 1.43 bits per heavy atom. The molecule has 114 valence electrons. The van der Waals surface area contributed by atoms with Crippen LogP contribution in [0.2, 0.25) is 0 Å². The molecule has 0 bridgehead atoms. The lowest BCUT2D eigenvalue weighted by atomic mass is 9.89. The van der Waals surface area contributed by atoms with Crippen LogP contribution in [0.1, 0.15) is 44.7 Å². The Balaban J connectivity index is 2.17. The van der Waals surface area contributed by atoms with Crippen molar-refractivity contribution in [2.24, 2.45) is 0 Å². The third-order valence-corrected chi connectivity index (χ3v) is 3.39. The number of carboxylic acid groups (broad SMARTS) is 1. The summed E-state index contributed by atoms with van der Waals surface area (Å²) in [5.74, 6) is -0.570. The Labute approximate surface area is 123 Å². The lowest BCUT2D eigenvalue weighted by molar-refractivity contribution is -0.139. The van der Waals surface area contributed by atoms with Gasteiger partial charge in [0.2, 0.25) is 5.91 Å². The molecule has 1 aromatic rings. The first-order chi connectivity index (χ1) is 9.77. The van der Waals surface area contributed by atoms with E-state index in [0.29, 0.717) is 17.9 Å². The number of benzene rings is 1. The van der Waals surface area contributed by atoms with E-state index in [4.69, 9.17) is 15.6 Å². The smallest absolute Gasteiger partial charge is 0.303 e. The van der Waals surface area contributed by atoms with Crippen molar-refractivity contribution in [2.45, 2.75) is 44.8 Å². The number of nitrogens with two attached hydrogens (primary N) is 1. The molecular weight excluding hydrogens is 272 g/mol. The molecule has 1 aliphatic rings. The summed E-state index contributed by atoms with van der Waals surface area (Å²) in [5.41, 5.74) is 6.82. The zero-order valence-corrected chi connectivity index (χ0v) is 12.2. The standard InChI is InChI=1S/C15H20N2O4/c1-15(2)8-11(17-13(18)5-6-14(19)20)10-7-9(16)3-4-12(10)21-15/h3-4,7,11H,5-6,8,16H2,1-2H3,(H,17,18)(H,19,20). The van der Waals surface area contributed by atoms with Crippen molar-refractivity contribution in [2.75, 3.05) is 5.73 Å². The summed E-state index contributed by atoms with van der Waals surface area (Å²) in [4.78, 5) is 22.4. The van der Waals surface area contributed by atoms with E-state index in [0.717, 1.165) is 5.56 Å². The number of rotatable bonds is 4. The van der Waals surface area contributed by atoms with E-state index in [1.807, 2.05) is 13.8 Å². The number of carboxylic acids is 1. The minimum atomic E-state index is -0.984. The number of nitrogen functional groups attached to an aromatic ring is 1. The van der Waals surface area contributed by atoms with Crippen LogP contribution in [-0.4, -0.2) is 22.6 Å². The first-order valence-corrected chi connectivity index (χ1v) is 6.86. The highest BCUT2D eigenvalue weighted by Gasteiger charge is 2.34. The number of ether oxygens (including phenoxy) is 1. The van der Waals surface area contributed by atoms with Crippen molar-refractivity contribution in [1.29, 1.82) is 0 Å². The Kier molecular flexibility index (Phi) is 4.06. The van der Waals surface area contributed by atoms with E-state index in [1.165, 1.54) is 0 Å². The van der Waals surface area contributed by atoms with Crippen molar-refractivity contribution < 1.29 is 19.4 Å². The van der Waals surface area contributed by atoms with Crippen LogP contribution in [0.4, 0.5) is 5.69 Å². The summed E-state index contributed by atoms with van der Waals surface area (Å²) < 4.78 is 5.88. The van der Waals surface area contributed by atoms with Crippen molar-refractivity contribution in [1.82, 2.24) is 5.32 Å². The first-order valence-electron chi connectivity index (χ1n) is 6.86. The number of fused-ring (bicyclic) bond motifs is 1. The number of hydrogen-bond donors (Lipinski definition) is 3. The molecular formula is C15H20N2O4. The highest BCUT2D eigenvalue weighted by atomic mass is 16.5. The molecule has 0 aromatic heterocycles. The number of carbonyl (C=O) groups excluding carboxylic acids is 1. The summed E-state index contributed by atoms with van der Waals surface area (Å²) in [6.45, 7) is 3.89. The molecule has 1 amide bonds. The van der Waals surface area contributed by atoms with Crippen LogP contribution in [0.3, 0.4) is 0 Å². The fourth-order valence-electron chi connectivity index (χ4n) is 2.49. The van der Waals surface area contributed by atoms with E-state index in [2.05, 4.69) is 5.32 Å². The third kappa shape index (κ3) is 3.87. The average Bonchev–Trinajstić information content (AvgIpc) is 2.36. The number of carbonyl (C=O) groups is 2. The largest absolute Gasteiger partial charge is 0.487 e. The lowest BCUT2D eigenvalue weighted by Crippen LogP contribution is -2.41. The van der Waals surface area contributed by atoms with E-state index >= 15 is 0 Å². The number of nitrogens with one attached hydrogen (secondary N) is 1. The molecule has 1 aromatic carbocycles. The van der Waals surface area contributed by atoms with Crippen LogP contribution in [-0.2, 0) is 9.59 Å². The predicted molar refractivity (Wildman–Crippen MR) is 77.9 cm³/mol. The second-order valence-corrected chi connectivity index (χ2v) is 5.88. The van der Waals surface area contributed by atoms with Crippen molar-refractivity contribution in [3.8, 4) is 5.75 Å². The van der Waals surface area contributed by atoms with Gasteiger partial charge in [0.25, 0.3) is 0 Å². The van der Waals surface area contributed by atoms with Crippen molar-refractivity contribution in [3.05, 3.63) is 23.8 Å². The summed E-state index contributed by atoms with van der Waals surface area (Å²) in [7, 11) is 0. The topological polar surface area (TPSA) is 102 Å². The van der Waals surface area contributed by atoms with Gasteiger partial charge in [0.1, 0.15) is 11.4 Å². The molecule has 1 atom stereocenters. The molecule has 0 radical (unpaired) electrons. The molecule has 4 N–H and O–H groups in total. The van der Waals surface area contributed by atoms with Gasteiger partial charge < -0.3 is 20.9 Å². The second-order valence-electron chi connectivity index (χ2n) is 5.88. The van der Waals surface area contributed by atoms with Gasteiger partial charge >= 0.3 is 5.97 Å². The molecule has 0 saturated heterocycles. The maximum atomic E-state index is 11.9. The molecule has 0 fully saturated rings. The zero-order valence-electron chi connectivity index (χ0n) is 12.2. The highest BCUT2D eigenvalue weighted by molar-refractivity contribution is 5.81. The van der Waals surface area contributed by atoms with E-state index in [1.54, 1.807) is 18.2 Å². The molecule has 2 rings (SSSR count). The van der Waals surface area contributed by atoms with Gasteiger partial charge in [0.05, 0.1) is 12.5 Å². The lowest BCUT2D eigenvalue weighted by Gasteiger charge is -2.38. The minimum Gasteiger partial charge on any atom is -0.487 e. The molecule has 1 unspecified atom stereocenters. The van der Waals surface area contributed by atoms with E-state index in [9.17, 15) is 9.59 Å². The Morgan fingerprint density at radius 2 is 2.14 bits per heavy atom. The highest BCUT2D eigenvalue weighted by Crippen LogP contribution is 2.40. The van der Waals surface area contributed by atoms with E-state index < -0.39 is 11.6 Å². The summed E-state index contributed by atoms with van der Waals surface area (Å²) in [5, 5.41) is 11.5. The van der Waals surface area contributed by atoms with Gasteiger partial charge in [-0.1, -0.05) is 0 Å². The number of hydrogen-bond acceptors (Lipinski definition) is 4. The van der Waals surface area contributed by atoms with Gasteiger partial charge in [-0.3, -0.25) is 9.59 Å². The fraction of sp³-hybridized carbons (Fsp3) is 0.467. The Morgan fingerprint density at radius 3 is 2.81 bits per heavy atom. The van der Waals surface area contributed by atoms with Crippen LogP contribution in [0, 0.1) is 0 Å². The van der Waals surface area contributed by atoms with Gasteiger partial charge in [-0.15, -0.1) is 0 Å². The average molecular weight is 292 g/mol. The molecule has 6 heteroatoms. The first kappa shape index (κ1) is 15.2. The maximum Gasteiger partial charge on any atom is 0.303 e. The van der Waals surface area contributed by atoms with Crippen LogP contribution in [0.15, 0.2) is 18.2 Å². The van der Waals surface area contributed by atoms with Gasteiger partial charge in [-0.2, -0.15) is 0 Å². The molecule has 1 heterocycles. The summed E-state index contributed by atoms with van der Waals surface area (Å²) in [6.07, 6.45) is 0.384. The van der Waals surface area contributed by atoms with Gasteiger partial charge in [0.15, 0.2) is 0 Å². The van der Waals surface area contributed by atoms with Crippen LogP contribution in [0.5, 0.6) is 5.75 Å². The summed E-state index contributed by atoms with van der Waals surface area (Å²) >= 11 is 0. The quantitative estimate of drug-likeness (QED) is 0.735. The van der Waals surface area contributed by atoms with E-state index in [-0.39, 0.29) is 24.8 Å². The molecule has 0 saturated carbocycles. The number of amides is 1. The van der Waals surface area contributed by atoms with Crippen LogP contribution >= 0.6 is 0 Å².